The Labute approximate surface area is 167 Å². The number of carbonyl (C=O) groups excluding carboxylic acids is 1. The molecule has 5 nitrogen and oxygen atoms in total. The Morgan fingerprint density at radius 1 is 0.933 bits per heavy atom. The number of hydrogen-bond donors (Lipinski definition) is 1. The molecule has 0 saturated carbocycles. The Morgan fingerprint density at radius 2 is 1.67 bits per heavy atom. The van der Waals surface area contributed by atoms with Gasteiger partial charge in [-0.05, 0) is 42.5 Å². The average molecular weight is 410 g/mol. The number of nitrogens with one attached hydrogen (secondary N) is 1. The molecule has 3 aromatic carbocycles. The van der Waals surface area contributed by atoms with Gasteiger partial charge in [0.2, 0.25) is 5.89 Å². The van der Waals surface area contributed by atoms with Gasteiger partial charge < -0.3 is 9.73 Å². The minimum atomic E-state index is -4.56. The van der Waals surface area contributed by atoms with Gasteiger partial charge in [-0.15, -0.1) is 0 Å². The van der Waals surface area contributed by atoms with E-state index in [1.54, 1.807) is 42.5 Å². The molecule has 0 aliphatic carbocycles. The fraction of sp³-hybridized carbons (Fsp3) is 0.0455. The van der Waals surface area contributed by atoms with Crippen molar-refractivity contribution < 1.29 is 22.4 Å². The molecule has 30 heavy (non-hydrogen) atoms. The first-order chi connectivity index (χ1) is 14.3. The summed E-state index contributed by atoms with van der Waals surface area (Å²) in [5.41, 5.74) is -0.693. The van der Waals surface area contributed by atoms with Crippen molar-refractivity contribution >= 4 is 22.5 Å². The number of aromatic nitrogens is 1. The van der Waals surface area contributed by atoms with Crippen LogP contribution in [0.4, 0.5) is 18.9 Å². The van der Waals surface area contributed by atoms with Crippen molar-refractivity contribution in [1.82, 2.24) is 4.98 Å². The summed E-state index contributed by atoms with van der Waals surface area (Å²) >= 11 is 0. The number of fused-ring (bicyclic) bond motifs is 1. The van der Waals surface area contributed by atoms with Gasteiger partial charge in [-0.3, -0.25) is 4.79 Å². The predicted molar refractivity (Wildman–Crippen MR) is 105 cm³/mol. The number of rotatable bonds is 3. The normalized spacial score (nSPS) is 11.4. The van der Waals surface area contributed by atoms with E-state index < -0.39 is 23.3 Å². The van der Waals surface area contributed by atoms with Gasteiger partial charge in [-0.25, -0.2) is 9.78 Å². The van der Waals surface area contributed by atoms with Crippen LogP contribution in [0.25, 0.3) is 22.4 Å². The van der Waals surface area contributed by atoms with Crippen LogP contribution >= 0.6 is 0 Å². The summed E-state index contributed by atoms with van der Waals surface area (Å²) in [5.74, 6) is -0.754. The maximum Gasteiger partial charge on any atom is 0.416 e. The third-order valence-corrected chi connectivity index (χ3v) is 4.39. The molecule has 0 aliphatic rings. The molecule has 0 aliphatic heterocycles. The van der Waals surface area contributed by atoms with Crippen LogP contribution in [-0.2, 0) is 6.18 Å². The predicted octanol–water partition coefficient (Wildman–Crippen LogP) is 5.13. The number of para-hydroxylation sites is 2. The highest BCUT2D eigenvalue weighted by Crippen LogP contribution is 2.30. The summed E-state index contributed by atoms with van der Waals surface area (Å²) < 4.78 is 44.1. The van der Waals surface area contributed by atoms with Gasteiger partial charge in [0.05, 0.1) is 27.7 Å². The largest absolute Gasteiger partial charge is 0.416 e. The highest BCUT2D eigenvalue weighted by Gasteiger charge is 2.31. The number of hydrogen-bond acceptors (Lipinski definition) is 4. The molecule has 0 saturated heterocycles. The molecular formula is C22H13F3N2O3. The summed E-state index contributed by atoms with van der Waals surface area (Å²) in [5, 5.41) is 2.87. The number of amides is 1. The van der Waals surface area contributed by atoms with Crippen LogP contribution in [0.15, 0.2) is 82.0 Å². The van der Waals surface area contributed by atoms with E-state index in [4.69, 9.17) is 4.42 Å². The topological polar surface area (TPSA) is 72.2 Å². The summed E-state index contributed by atoms with van der Waals surface area (Å²) in [4.78, 5) is 29.2. The van der Waals surface area contributed by atoms with E-state index in [0.717, 1.165) is 18.2 Å². The van der Waals surface area contributed by atoms with Crippen molar-refractivity contribution in [2.45, 2.75) is 6.18 Å². The monoisotopic (exact) mass is 410 g/mol. The zero-order chi connectivity index (χ0) is 21.3. The molecule has 0 unspecified atom stereocenters. The summed E-state index contributed by atoms with van der Waals surface area (Å²) in [6.07, 6.45) is -4.56. The number of anilines is 1. The molecule has 0 radical (unpaired) electrons. The second-order valence-corrected chi connectivity index (χ2v) is 6.40. The second kappa shape index (κ2) is 7.47. The summed E-state index contributed by atoms with van der Waals surface area (Å²) in [7, 11) is 0. The lowest BCUT2D eigenvalue weighted by Gasteiger charge is -2.12. The van der Waals surface area contributed by atoms with Gasteiger partial charge in [-0.2, -0.15) is 13.2 Å². The lowest BCUT2D eigenvalue weighted by Crippen LogP contribution is -2.14. The van der Waals surface area contributed by atoms with Crippen LogP contribution in [0.1, 0.15) is 15.9 Å². The smallest absolute Gasteiger partial charge is 0.403 e. The molecule has 1 N–H and O–H groups in total. The molecule has 0 spiro atoms. The van der Waals surface area contributed by atoms with Crippen molar-refractivity contribution in [3.63, 3.8) is 0 Å². The van der Waals surface area contributed by atoms with Crippen molar-refractivity contribution in [3.05, 3.63) is 94.3 Å². The first-order valence-electron chi connectivity index (χ1n) is 8.81. The minimum Gasteiger partial charge on any atom is -0.403 e. The van der Waals surface area contributed by atoms with Gasteiger partial charge in [0.15, 0.2) is 0 Å². The van der Waals surface area contributed by atoms with E-state index in [1.165, 1.54) is 12.1 Å². The van der Waals surface area contributed by atoms with Gasteiger partial charge in [0.25, 0.3) is 5.91 Å². The summed E-state index contributed by atoms with van der Waals surface area (Å²) in [6, 6.07) is 17.2. The van der Waals surface area contributed by atoms with E-state index in [2.05, 4.69) is 10.3 Å². The Morgan fingerprint density at radius 3 is 2.47 bits per heavy atom. The maximum absolute atomic E-state index is 12.9. The number of carbonyl (C=O) groups is 1. The molecule has 4 aromatic rings. The van der Waals surface area contributed by atoms with E-state index in [1.807, 2.05) is 0 Å². The van der Waals surface area contributed by atoms with E-state index in [0.29, 0.717) is 16.5 Å². The standard InChI is InChI=1S/C22H13F3N2O3/c23-22(24,25)14-7-5-6-13(12-14)19(28)26-17-10-3-1-8-15(17)20-27-18-11-4-2-9-16(18)21(29)30-20/h1-12H,(H,26,28). The van der Waals surface area contributed by atoms with Crippen LogP contribution in [0.2, 0.25) is 0 Å². The maximum atomic E-state index is 12.9. The molecular weight excluding hydrogens is 397 g/mol. The van der Waals surface area contributed by atoms with Crippen molar-refractivity contribution in [1.29, 1.82) is 0 Å². The Hall–Kier alpha value is -3.94. The molecule has 0 fully saturated rings. The Bertz CT molecular complexity index is 1310. The van der Waals surface area contributed by atoms with Gasteiger partial charge in [0, 0.05) is 5.56 Å². The molecule has 1 aromatic heterocycles. The van der Waals surface area contributed by atoms with Crippen LogP contribution in [0.5, 0.6) is 0 Å². The van der Waals surface area contributed by atoms with Crippen molar-refractivity contribution in [3.8, 4) is 11.5 Å². The van der Waals surface area contributed by atoms with Crippen LogP contribution < -0.4 is 10.9 Å². The van der Waals surface area contributed by atoms with Gasteiger partial charge in [-0.1, -0.05) is 30.3 Å². The first-order valence-corrected chi connectivity index (χ1v) is 8.81. The minimum absolute atomic E-state index is 0.0151. The zero-order valence-corrected chi connectivity index (χ0v) is 15.2. The first kappa shape index (κ1) is 19.4. The fourth-order valence-corrected chi connectivity index (χ4v) is 2.94. The highest BCUT2D eigenvalue weighted by atomic mass is 19.4. The van der Waals surface area contributed by atoms with E-state index >= 15 is 0 Å². The van der Waals surface area contributed by atoms with Crippen LogP contribution in [-0.4, -0.2) is 10.9 Å². The Kier molecular flexibility index (Phi) is 4.83. The van der Waals surface area contributed by atoms with Crippen LogP contribution in [0.3, 0.4) is 0 Å². The highest BCUT2D eigenvalue weighted by molar-refractivity contribution is 6.06. The number of nitrogens with zero attached hydrogens (tertiary/aromatic N) is 1. The molecule has 4 rings (SSSR count). The number of halogens is 3. The SMILES string of the molecule is O=C(Nc1ccccc1-c1nc2ccccc2c(=O)o1)c1cccc(C(F)(F)F)c1. The average Bonchev–Trinajstić information content (AvgIpc) is 2.73. The third kappa shape index (κ3) is 3.80. The van der Waals surface area contributed by atoms with E-state index in [-0.39, 0.29) is 17.1 Å². The molecule has 0 atom stereocenters. The molecule has 150 valence electrons. The second-order valence-electron chi connectivity index (χ2n) is 6.40. The molecule has 1 amide bonds. The van der Waals surface area contributed by atoms with Crippen molar-refractivity contribution in [2.75, 3.05) is 5.32 Å². The fourth-order valence-electron chi connectivity index (χ4n) is 2.94. The molecule has 1 heterocycles. The lowest BCUT2D eigenvalue weighted by molar-refractivity contribution is -0.137. The van der Waals surface area contributed by atoms with Crippen molar-refractivity contribution in [2.24, 2.45) is 0 Å². The Balaban J connectivity index is 1.71. The van der Waals surface area contributed by atoms with Gasteiger partial charge in [0.1, 0.15) is 0 Å². The van der Waals surface area contributed by atoms with E-state index in [9.17, 15) is 22.8 Å². The van der Waals surface area contributed by atoms with Crippen LogP contribution in [0, 0.1) is 0 Å². The third-order valence-electron chi connectivity index (χ3n) is 4.39. The number of benzene rings is 3. The number of alkyl halides is 3. The molecule has 8 heteroatoms. The van der Waals surface area contributed by atoms with Gasteiger partial charge >= 0.3 is 11.8 Å². The quantitative estimate of drug-likeness (QED) is 0.509. The summed E-state index contributed by atoms with van der Waals surface area (Å²) in [6.45, 7) is 0. The lowest BCUT2D eigenvalue weighted by atomic mass is 10.1. The molecule has 0 bridgehead atoms. The zero-order valence-electron chi connectivity index (χ0n) is 15.2.